The molecule has 134 valence electrons. The number of hydrogen-bond acceptors (Lipinski definition) is 5. The minimum atomic E-state index is -0.133. The van der Waals surface area contributed by atoms with E-state index >= 15 is 0 Å². The lowest BCUT2D eigenvalue weighted by molar-refractivity contribution is 0.174. The van der Waals surface area contributed by atoms with E-state index in [1.807, 2.05) is 28.5 Å². The molecule has 0 aliphatic carbocycles. The van der Waals surface area contributed by atoms with Crippen LogP contribution in [0.15, 0.2) is 40.5 Å². The van der Waals surface area contributed by atoms with E-state index in [9.17, 15) is 4.79 Å². The highest BCUT2D eigenvalue weighted by Crippen LogP contribution is 2.35. The molecule has 6 nitrogen and oxygen atoms in total. The maximum Gasteiger partial charge on any atom is 0.253 e. The van der Waals surface area contributed by atoms with Gasteiger partial charge in [-0.05, 0) is 35.8 Å². The Morgan fingerprint density at radius 2 is 2.12 bits per heavy atom. The van der Waals surface area contributed by atoms with Gasteiger partial charge in [0.1, 0.15) is 0 Å². The molecule has 0 bridgehead atoms. The summed E-state index contributed by atoms with van der Waals surface area (Å²) in [6.45, 7) is 1.26. The van der Waals surface area contributed by atoms with E-state index < -0.39 is 0 Å². The molecule has 2 N–H and O–H groups in total. The van der Waals surface area contributed by atoms with Gasteiger partial charge >= 0.3 is 0 Å². The van der Waals surface area contributed by atoms with Crippen LogP contribution in [0.3, 0.4) is 0 Å². The second-order valence-corrected chi connectivity index (χ2v) is 7.33. The van der Waals surface area contributed by atoms with Crippen LogP contribution in [-0.2, 0) is 13.1 Å². The van der Waals surface area contributed by atoms with Gasteiger partial charge in [0.25, 0.3) is 5.56 Å². The van der Waals surface area contributed by atoms with E-state index in [0.29, 0.717) is 35.3 Å². The third kappa shape index (κ3) is 3.25. The number of aromatic nitrogens is 1. The Balaban J connectivity index is 1.67. The van der Waals surface area contributed by atoms with Gasteiger partial charge in [-0.2, -0.15) is 0 Å². The quantitative estimate of drug-likeness (QED) is 0.671. The van der Waals surface area contributed by atoms with Crippen LogP contribution in [0.25, 0.3) is 10.9 Å². The van der Waals surface area contributed by atoms with Crippen molar-refractivity contribution in [3.8, 4) is 11.5 Å². The third-order valence-electron chi connectivity index (χ3n) is 4.20. The molecule has 0 radical (unpaired) electrons. The lowest BCUT2D eigenvalue weighted by Crippen LogP contribution is -2.38. The molecular weight excluding hydrogens is 370 g/mol. The van der Waals surface area contributed by atoms with Crippen molar-refractivity contribution in [2.75, 3.05) is 13.8 Å². The van der Waals surface area contributed by atoms with Crippen LogP contribution < -0.4 is 20.3 Å². The summed E-state index contributed by atoms with van der Waals surface area (Å²) in [6.07, 6.45) is 0. The van der Waals surface area contributed by atoms with Gasteiger partial charge in [-0.15, -0.1) is 11.3 Å². The highest BCUT2D eigenvalue weighted by molar-refractivity contribution is 7.80. The predicted octanol–water partition coefficient (Wildman–Crippen LogP) is 2.82. The zero-order chi connectivity index (χ0) is 18.1. The zero-order valence-electron chi connectivity index (χ0n) is 14.1. The van der Waals surface area contributed by atoms with E-state index in [1.54, 1.807) is 24.5 Å². The number of thiocarbonyl (C=S) groups is 1. The Hall–Kier alpha value is -2.58. The number of benzene rings is 1. The highest BCUT2D eigenvalue weighted by atomic mass is 32.1. The first kappa shape index (κ1) is 16.9. The smallest absolute Gasteiger partial charge is 0.253 e. The Morgan fingerprint density at radius 1 is 1.31 bits per heavy atom. The predicted molar refractivity (Wildman–Crippen MR) is 106 cm³/mol. The number of fused-ring (bicyclic) bond motifs is 2. The van der Waals surface area contributed by atoms with Crippen molar-refractivity contribution in [1.29, 1.82) is 0 Å². The summed E-state index contributed by atoms with van der Waals surface area (Å²) in [5.41, 5.74) is 1.24. The molecule has 3 aromatic rings. The van der Waals surface area contributed by atoms with Crippen molar-refractivity contribution in [3.05, 3.63) is 56.5 Å². The van der Waals surface area contributed by atoms with Crippen LogP contribution in [0.5, 0.6) is 11.5 Å². The molecule has 8 heteroatoms. The molecule has 0 atom stereocenters. The SMILES string of the molecule is CNC(=S)N(Cc1cccs1)Cc1cc2cc3c(cc2[nH]c1=O)OCO3. The molecule has 0 saturated carbocycles. The number of nitrogens with one attached hydrogen (secondary N) is 2. The fraction of sp³-hybridized carbons (Fsp3) is 0.222. The van der Waals surface area contributed by atoms with Crippen LogP contribution in [-0.4, -0.2) is 28.8 Å². The van der Waals surface area contributed by atoms with E-state index in [2.05, 4.69) is 16.4 Å². The Labute approximate surface area is 159 Å². The van der Waals surface area contributed by atoms with E-state index in [0.717, 1.165) is 10.9 Å². The Bertz CT molecular complexity index is 1010. The number of ether oxygens (including phenoxy) is 2. The van der Waals surface area contributed by atoms with Crippen molar-refractivity contribution >= 4 is 39.6 Å². The fourth-order valence-corrected chi connectivity index (χ4v) is 3.76. The second kappa shape index (κ2) is 6.97. The molecule has 1 aliphatic rings. The zero-order valence-corrected chi connectivity index (χ0v) is 15.7. The molecule has 0 spiro atoms. The minimum absolute atomic E-state index is 0.133. The third-order valence-corrected chi connectivity index (χ3v) is 5.53. The normalized spacial score (nSPS) is 12.3. The van der Waals surface area contributed by atoms with Crippen molar-refractivity contribution in [2.24, 2.45) is 0 Å². The van der Waals surface area contributed by atoms with Crippen LogP contribution >= 0.6 is 23.6 Å². The van der Waals surface area contributed by atoms with Gasteiger partial charge in [0.2, 0.25) is 6.79 Å². The number of aromatic amines is 1. The van der Waals surface area contributed by atoms with Gasteiger partial charge in [0.05, 0.1) is 18.6 Å². The van der Waals surface area contributed by atoms with Gasteiger partial charge < -0.3 is 24.7 Å². The van der Waals surface area contributed by atoms with Gasteiger partial charge in [-0.25, -0.2) is 0 Å². The van der Waals surface area contributed by atoms with Crippen molar-refractivity contribution < 1.29 is 9.47 Å². The molecule has 1 aromatic carbocycles. The molecule has 4 rings (SSSR count). The number of thiophene rings is 1. The fourth-order valence-electron chi connectivity index (χ4n) is 2.91. The van der Waals surface area contributed by atoms with Gasteiger partial charge in [-0.1, -0.05) is 6.07 Å². The Kier molecular flexibility index (Phi) is 4.52. The monoisotopic (exact) mass is 387 g/mol. The molecule has 26 heavy (non-hydrogen) atoms. The summed E-state index contributed by atoms with van der Waals surface area (Å²) in [7, 11) is 1.79. The van der Waals surface area contributed by atoms with Gasteiger partial charge in [-0.3, -0.25) is 4.79 Å². The van der Waals surface area contributed by atoms with Gasteiger partial charge in [0.15, 0.2) is 16.6 Å². The van der Waals surface area contributed by atoms with Crippen LogP contribution in [0.4, 0.5) is 0 Å². The lowest BCUT2D eigenvalue weighted by Gasteiger charge is -2.24. The van der Waals surface area contributed by atoms with Crippen molar-refractivity contribution in [2.45, 2.75) is 13.1 Å². The van der Waals surface area contributed by atoms with E-state index in [4.69, 9.17) is 21.7 Å². The molecule has 0 amide bonds. The maximum absolute atomic E-state index is 12.6. The molecule has 3 heterocycles. The number of hydrogen-bond donors (Lipinski definition) is 2. The molecule has 0 saturated heterocycles. The first-order valence-corrected chi connectivity index (χ1v) is 9.37. The molecule has 0 fully saturated rings. The summed E-state index contributed by atoms with van der Waals surface area (Å²) < 4.78 is 10.8. The van der Waals surface area contributed by atoms with E-state index in [1.165, 1.54) is 4.88 Å². The average Bonchev–Trinajstić information content (AvgIpc) is 3.30. The summed E-state index contributed by atoms with van der Waals surface area (Å²) in [6, 6.07) is 9.63. The first-order chi connectivity index (χ1) is 12.6. The number of nitrogens with zero attached hydrogens (tertiary/aromatic N) is 1. The molecular formula is C18H17N3O3S2. The van der Waals surface area contributed by atoms with Crippen LogP contribution in [0, 0.1) is 0 Å². The van der Waals surface area contributed by atoms with E-state index in [-0.39, 0.29) is 12.4 Å². The number of H-pyrrole nitrogens is 1. The molecule has 1 aliphatic heterocycles. The summed E-state index contributed by atoms with van der Waals surface area (Å²) in [5, 5.41) is 6.53. The maximum atomic E-state index is 12.6. The molecule has 0 unspecified atom stereocenters. The summed E-state index contributed by atoms with van der Waals surface area (Å²) in [5.74, 6) is 1.34. The van der Waals surface area contributed by atoms with Crippen LogP contribution in [0.2, 0.25) is 0 Å². The van der Waals surface area contributed by atoms with Crippen molar-refractivity contribution in [3.63, 3.8) is 0 Å². The van der Waals surface area contributed by atoms with Crippen molar-refractivity contribution in [1.82, 2.24) is 15.2 Å². The second-order valence-electron chi connectivity index (χ2n) is 5.91. The standard InChI is InChI=1S/C18H17N3O3S2/c1-19-18(25)21(9-13-3-2-4-26-13)8-12-5-11-6-15-16(24-10-23-15)7-14(11)20-17(12)22/h2-7H,8-10H2,1H3,(H,19,25)(H,20,22). The number of rotatable bonds is 4. The number of pyridine rings is 1. The Morgan fingerprint density at radius 3 is 2.85 bits per heavy atom. The summed E-state index contributed by atoms with van der Waals surface area (Å²) >= 11 is 7.09. The topological polar surface area (TPSA) is 66.6 Å². The first-order valence-electron chi connectivity index (χ1n) is 8.08. The molecule has 2 aromatic heterocycles. The van der Waals surface area contributed by atoms with Crippen LogP contribution in [0.1, 0.15) is 10.4 Å². The largest absolute Gasteiger partial charge is 0.454 e. The lowest BCUT2D eigenvalue weighted by atomic mass is 10.1. The minimum Gasteiger partial charge on any atom is -0.454 e. The van der Waals surface area contributed by atoms with Gasteiger partial charge in [0, 0.05) is 28.9 Å². The average molecular weight is 387 g/mol. The summed E-state index contributed by atoms with van der Waals surface area (Å²) in [4.78, 5) is 18.7. The highest BCUT2D eigenvalue weighted by Gasteiger charge is 2.17.